The maximum Gasteiger partial charge on any atom is 0.195 e. The van der Waals surface area contributed by atoms with Gasteiger partial charge in [-0.1, -0.05) is 0 Å². The van der Waals surface area contributed by atoms with Gasteiger partial charge in [-0.05, 0) is 22.9 Å². The first-order chi connectivity index (χ1) is 3.84. The fraction of sp³-hybridized carbons (Fsp3) is 0.500. The van der Waals surface area contributed by atoms with Gasteiger partial charge in [-0.25, -0.2) is 9.67 Å². The van der Waals surface area contributed by atoms with Crippen molar-refractivity contribution in [1.82, 2.24) is 14.8 Å². The Bertz CT molecular complexity index is 172. The Hall–Kier alpha value is -0.380. The van der Waals surface area contributed by atoms with Crippen LogP contribution in [0.5, 0.6) is 0 Å². The number of halogens is 1. The van der Waals surface area contributed by atoms with Crippen molar-refractivity contribution < 1.29 is 0 Å². The number of rotatable bonds is 1. The molecule has 8 heavy (non-hydrogen) atoms. The molecule has 1 aromatic rings. The Morgan fingerprint density at radius 2 is 2.62 bits per heavy atom. The maximum atomic E-state index is 3.89. The van der Waals surface area contributed by atoms with Gasteiger partial charge in [0.15, 0.2) is 4.73 Å². The summed E-state index contributed by atoms with van der Waals surface area (Å²) in [6.45, 7) is 2.88. The molecule has 0 atom stereocenters. The Labute approximate surface area is 55.9 Å². The van der Waals surface area contributed by atoms with Gasteiger partial charge in [0.25, 0.3) is 0 Å². The van der Waals surface area contributed by atoms with Crippen LogP contribution in [0, 0.1) is 0 Å². The van der Waals surface area contributed by atoms with Crippen molar-refractivity contribution in [3.8, 4) is 0 Å². The van der Waals surface area contributed by atoms with Gasteiger partial charge in [-0.15, -0.1) is 0 Å². The van der Waals surface area contributed by atoms with Gasteiger partial charge in [0.1, 0.15) is 6.33 Å². The zero-order chi connectivity index (χ0) is 5.98. The van der Waals surface area contributed by atoms with Gasteiger partial charge in [-0.3, -0.25) is 0 Å². The molecule has 0 bridgehead atoms. The van der Waals surface area contributed by atoms with Crippen LogP contribution in [0.15, 0.2) is 11.1 Å². The van der Waals surface area contributed by atoms with Crippen molar-refractivity contribution in [3.05, 3.63) is 11.1 Å². The molecule has 44 valence electrons. The number of aromatic nitrogens is 3. The van der Waals surface area contributed by atoms with Gasteiger partial charge in [0, 0.05) is 6.54 Å². The second-order valence-electron chi connectivity index (χ2n) is 1.34. The molecule has 0 aliphatic heterocycles. The minimum absolute atomic E-state index is 0.792. The standard InChI is InChI=1S/C4H6BrN3/c1-2-8-4(5)6-3-7-8/h3H,2H2,1H3. The van der Waals surface area contributed by atoms with E-state index in [4.69, 9.17) is 0 Å². The Morgan fingerprint density at radius 3 is 2.88 bits per heavy atom. The van der Waals surface area contributed by atoms with E-state index in [1.807, 2.05) is 6.92 Å². The molecule has 1 heterocycles. The fourth-order valence-electron chi connectivity index (χ4n) is 0.462. The number of aryl methyl sites for hydroxylation is 1. The summed E-state index contributed by atoms with van der Waals surface area (Å²) in [7, 11) is 0. The molecule has 0 radical (unpaired) electrons. The molecule has 4 heteroatoms. The summed E-state index contributed by atoms with van der Waals surface area (Å²) in [5.41, 5.74) is 0. The average molecular weight is 176 g/mol. The van der Waals surface area contributed by atoms with Crippen molar-refractivity contribution in [2.75, 3.05) is 0 Å². The van der Waals surface area contributed by atoms with Crippen LogP contribution in [0.4, 0.5) is 0 Å². The first kappa shape index (κ1) is 5.75. The van der Waals surface area contributed by atoms with Crippen LogP contribution in [0.2, 0.25) is 0 Å². The molecule has 1 rings (SSSR count). The van der Waals surface area contributed by atoms with Crippen LogP contribution in [-0.2, 0) is 6.54 Å². The monoisotopic (exact) mass is 175 g/mol. The van der Waals surface area contributed by atoms with E-state index in [2.05, 4.69) is 26.0 Å². The molecule has 3 nitrogen and oxygen atoms in total. The van der Waals surface area contributed by atoms with E-state index in [9.17, 15) is 0 Å². The topological polar surface area (TPSA) is 30.7 Å². The lowest BCUT2D eigenvalue weighted by Gasteiger charge is -1.91. The summed E-state index contributed by atoms with van der Waals surface area (Å²) in [6, 6.07) is 0. The van der Waals surface area contributed by atoms with E-state index in [-0.39, 0.29) is 0 Å². The molecule has 0 amide bonds. The Balaban J connectivity index is 2.92. The third-order valence-electron chi connectivity index (χ3n) is 0.868. The number of hydrogen-bond donors (Lipinski definition) is 0. The zero-order valence-corrected chi connectivity index (χ0v) is 6.09. The zero-order valence-electron chi connectivity index (χ0n) is 4.50. The van der Waals surface area contributed by atoms with Crippen molar-refractivity contribution >= 4 is 15.9 Å². The molecule has 0 saturated heterocycles. The summed E-state index contributed by atoms with van der Waals surface area (Å²) >= 11 is 3.22. The van der Waals surface area contributed by atoms with Crippen LogP contribution in [0.3, 0.4) is 0 Å². The smallest absolute Gasteiger partial charge is 0.195 e. The van der Waals surface area contributed by atoms with E-state index < -0.39 is 0 Å². The molecular formula is C4H6BrN3. The third-order valence-corrected chi connectivity index (χ3v) is 1.48. The summed E-state index contributed by atoms with van der Waals surface area (Å²) < 4.78 is 2.56. The van der Waals surface area contributed by atoms with Gasteiger partial charge in [0.05, 0.1) is 0 Å². The van der Waals surface area contributed by atoms with Crippen LogP contribution in [0.1, 0.15) is 6.92 Å². The second kappa shape index (κ2) is 2.26. The molecule has 0 aliphatic rings. The van der Waals surface area contributed by atoms with Crippen molar-refractivity contribution in [3.63, 3.8) is 0 Å². The molecule has 0 unspecified atom stereocenters. The summed E-state index contributed by atoms with van der Waals surface area (Å²) in [5, 5.41) is 3.89. The van der Waals surface area contributed by atoms with Crippen LogP contribution < -0.4 is 0 Å². The van der Waals surface area contributed by atoms with Gasteiger partial charge < -0.3 is 0 Å². The lowest BCUT2D eigenvalue weighted by atomic mass is 10.8. The highest BCUT2D eigenvalue weighted by atomic mass is 79.9. The lowest BCUT2D eigenvalue weighted by Crippen LogP contribution is -1.95. The lowest BCUT2D eigenvalue weighted by molar-refractivity contribution is 0.642. The fourth-order valence-corrected chi connectivity index (χ4v) is 0.896. The summed E-state index contributed by atoms with van der Waals surface area (Å²) in [6.07, 6.45) is 1.52. The predicted octanol–water partition coefficient (Wildman–Crippen LogP) is 1.06. The normalized spacial score (nSPS) is 9.75. The first-order valence-corrected chi connectivity index (χ1v) is 3.17. The Morgan fingerprint density at radius 1 is 1.88 bits per heavy atom. The molecule has 1 aromatic heterocycles. The molecule has 0 saturated carbocycles. The number of nitrogens with zero attached hydrogens (tertiary/aromatic N) is 3. The minimum atomic E-state index is 0.792. The van der Waals surface area contributed by atoms with E-state index >= 15 is 0 Å². The maximum absolute atomic E-state index is 3.89. The summed E-state index contributed by atoms with van der Waals surface area (Å²) in [4.78, 5) is 3.86. The molecular weight excluding hydrogens is 170 g/mol. The number of hydrogen-bond acceptors (Lipinski definition) is 2. The average Bonchev–Trinajstić information content (AvgIpc) is 2.14. The molecule has 0 aliphatic carbocycles. The van der Waals surface area contributed by atoms with E-state index in [1.165, 1.54) is 6.33 Å². The minimum Gasteiger partial charge on any atom is -0.241 e. The molecule has 0 spiro atoms. The van der Waals surface area contributed by atoms with Gasteiger partial charge in [-0.2, -0.15) is 5.10 Å². The quantitative estimate of drug-likeness (QED) is 0.640. The highest BCUT2D eigenvalue weighted by molar-refractivity contribution is 9.10. The SMILES string of the molecule is CCn1ncnc1Br. The van der Waals surface area contributed by atoms with Crippen LogP contribution >= 0.6 is 15.9 Å². The van der Waals surface area contributed by atoms with E-state index in [0.29, 0.717) is 0 Å². The highest BCUT2D eigenvalue weighted by Gasteiger charge is 1.92. The first-order valence-electron chi connectivity index (χ1n) is 2.38. The second-order valence-corrected chi connectivity index (χ2v) is 2.05. The largest absolute Gasteiger partial charge is 0.241 e. The third kappa shape index (κ3) is 0.888. The van der Waals surface area contributed by atoms with E-state index in [1.54, 1.807) is 4.68 Å². The molecule has 0 fully saturated rings. The van der Waals surface area contributed by atoms with Crippen LogP contribution in [0.25, 0.3) is 0 Å². The molecule has 0 N–H and O–H groups in total. The van der Waals surface area contributed by atoms with Crippen molar-refractivity contribution in [2.45, 2.75) is 13.5 Å². The van der Waals surface area contributed by atoms with E-state index in [0.717, 1.165) is 11.3 Å². The highest BCUT2D eigenvalue weighted by Crippen LogP contribution is 2.01. The van der Waals surface area contributed by atoms with Gasteiger partial charge >= 0.3 is 0 Å². The van der Waals surface area contributed by atoms with Crippen LogP contribution in [-0.4, -0.2) is 14.8 Å². The Kier molecular flexibility index (Phi) is 1.62. The molecule has 0 aromatic carbocycles. The van der Waals surface area contributed by atoms with Gasteiger partial charge in [0.2, 0.25) is 0 Å². The predicted molar refractivity (Wildman–Crippen MR) is 33.4 cm³/mol. The van der Waals surface area contributed by atoms with Crippen molar-refractivity contribution in [2.24, 2.45) is 0 Å². The van der Waals surface area contributed by atoms with Crippen molar-refractivity contribution in [1.29, 1.82) is 0 Å². The summed E-state index contributed by atoms with van der Waals surface area (Å²) in [5.74, 6) is 0.